The second kappa shape index (κ2) is 9.89. The summed E-state index contributed by atoms with van der Waals surface area (Å²) < 4.78 is 27.4. The van der Waals surface area contributed by atoms with Gasteiger partial charge in [-0.3, -0.25) is 9.25 Å². The van der Waals surface area contributed by atoms with Gasteiger partial charge in [0.05, 0.1) is 24.2 Å². The molecule has 2 aromatic carbocycles. The van der Waals surface area contributed by atoms with Crippen LogP contribution in [0.2, 0.25) is 0 Å². The van der Waals surface area contributed by atoms with E-state index in [2.05, 4.69) is 11.2 Å². The first kappa shape index (κ1) is 23.8. The van der Waals surface area contributed by atoms with Crippen LogP contribution in [0, 0.1) is 25.2 Å². The Kier molecular flexibility index (Phi) is 6.73. The van der Waals surface area contributed by atoms with E-state index < -0.39 is 12.6 Å². The molecule has 0 aliphatic carbocycles. The number of aromatic nitrogens is 3. The average Bonchev–Trinajstić information content (AvgIpc) is 3.33. The zero-order chi connectivity index (χ0) is 25.1. The summed E-state index contributed by atoms with van der Waals surface area (Å²) >= 11 is 0. The topological polar surface area (TPSA) is 108 Å². The van der Waals surface area contributed by atoms with Gasteiger partial charge in [0.1, 0.15) is 36.5 Å². The van der Waals surface area contributed by atoms with Crippen molar-refractivity contribution < 1.29 is 18.7 Å². The Balaban J connectivity index is 1.91. The number of hydrogen-bond donors (Lipinski definition) is 1. The maximum atomic E-state index is 13.3. The molecular weight excluding hydrogens is 449 g/mol. The molecule has 0 amide bonds. The van der Waals surface area contributed by atoms with Crippen LogP contribution < -0.4 is 10.5 Å². The first-order valence-corrected chi connectivity index (χ1v) is 11.2. The minimum atomic E-state index is -0.741. The van der Waals surface area contributed by atoms with Crippen LogP contribution in [0.15, 0.2) is 42.5 Å². The van der Waals surface area contributed by atoms with Crippen molar-refractivity contribution in [2.45, 2.75) is 33.9 Å². The molecule has 2 heterocycles. The molecule has 0 unspecified atom stereocenters. The molecule has 2 aromatic heterocycles. The molecule has 0 saturated carbocycles. The number of aryl methyl sites for hydroxylation is 2. The van der Waals surface area contributed by atoms with E-state index >= 15 is 0 Å². The molecule has 0 fully saturated rings. The van der Waals surface area contributed by atoms with Gasteiger partial charge in [-0.2, -0.15) is 10.4 Å². The lowest BCUT2D eigenvalue weighted by Crippen LogP contribution is -2.15. The van der Waals surface area contributed by atoms with Crippen molar-refractivity contribution >= 4 is 22.8 Å². The lowest BCUT2D eigenvalue weighted by atomic mass is 10.1. The minimum Gasteiger partial charge on any atom is -0.489 e. The summed E-state index contributed by atoms with van der Waals surface area (Å²) in [5, 5.41) is 14.7. The number of nitriles is 1. The van der Waals surface area contributed by atoms with Crippen LogP contribution in [0.25, 0.3) is 16.7 Å². The molecule has 9 heteroatoms. The van der Waals surface area contributed by atoms with Crippen molar-refractivity contribution in [1.29, 1.82) is 5.26 Å². The van der Waals surface area contributed by atoms with Gasteiger partial charge in [-0.1, -0.05) is 36.4 Å². The van der Waals surface area contributed by atoms with Gasteiger partial charge in [0, 0.05) is 5.56 Å². The van der Waals surface area contributed by atoms with Crippen molar-refractivity contribution in [3.8, 4) is 17.5 Å². The normalized spacial score (nSPS) is 10.9. The predicted molar refractivity (Wildman–Crippen MR) is 130 cm³/mol. The number of esters is 1. The second-order valence-electron chi connectivity index (χ2n) is 8.02. The van der Waals surface area contributed by atoms with Crippen LogP contribution in [0.1, 0.15) is 39.7 Å². The number of nitrogens with two attached hydrogens (primary N) is 1. The molecular formula is C26H26FN5O3. The molecule has 0 bridgehead atoms. The number of hydrogen-bond acceptors (Lipinski definition) is 6. The third-order valence-corrected chi connectivity index (χ3v) is 5.81. The number of benzene rings is 2. The highest BCUT2D eigenvalue weighted by molar-refractivity contribution is 6.07. The first-order chi connectivity index (χ1) is 16.9. The molecule has 35 heavy (non-hydrogen) atoms. The van der Waals surface area contributed by atoms with E-state index in [1.165, 1.54) is 4.68 Å². The predicted octanol–water partition coefficient (Wildman–Crippen LogP) is 4.62. The number of nitrogens with zero attached hydrogens (tertiary/aromatic N) is 4. The highest BCUT2D eigenvalue weighted by Crippen LogP contribution is 2.38. The zero-order valence-electron chi connectivity index (χ0n) is 19.8. The monoisotopic (exact) mass is 475 g/mol. The van der Waals surface area contributed by atoms with Gasteiger partial charge in [0.15, 0.2) is 11.3 Å². The summed E-state index contributed by atoms with van der Waals surface area (Å²) in [4.78, 5) is 12.8. The summed E-state index contributed by atoms with van der Waals surface area (Å²) in [5.41, 5.74) is 10.2. The summed E-state index contributed by atoms with van der Waals surface area (Å²) in [6.07, 6.45) is 0. The van der Waals surface area contributed by atoms with Gasteiger partial charge >= 0.3 is 5.97 Å². The third-order valence-electron chi connectivity index (χ3n) is 5.81. The number of carbonyl (C=O) groups is 1. The Hall–Kier alpha value is -4.32. The number of anilines is 1. The Labute approximate surface area is 202 Å². The quantitative estimate of drug-likeness (QED) is 0.373. The Morgan fingerprint density at radius 2 is 1.94 bits per heavy atom. The highest BCUT2D eigenvalue weighted by Gasteiger charge is 2.30. The standard InChI is InChI=1S/C26H26FN5O3/c1-4-34-26(33)23-21-19(14-28)24(29)32(25(21)30-31(23)13-12-27)22-16(2)10-11-20(17(22)3)35-15-18-8-6-5-7-9-18/h5-11H,4,12-13,15,29H2,1-3H3. The maximum absolute atomic E-state index is 13.3. The lowest BCUT2D eigenvalue weighted by Gasteiger charge is -2.17. The van der Waals surface area contributed by atoms with Crippen LogP contribution >= 0.6 is 0 Å². The third kappa shape index (κ3) is 4.19. The fourth-order valence-electron chi connectivity index (χ4n) is 4.23. The molecule has 0 radical (unpaired) electrons. The lowest BCUT2D eigenvalue weighted by molar-refractivity contribution is 0.0513. The van der Waals surface area contributed by atoms with Gasteiger partial charge in [-0.15, -0.1) is 0 Å². The van der Waals surface area contributed by atoms with Crippen molar-refractivity contribution in [3.63, 3.8) is 0 Å². The molecule has 8 nitrogen and oxygen atoms in total. The summed E-state index contributed by atoms with van der Waals surface area (Å²) in [7, 11) is 0. The molecule has 0 atom stereocenters. The summed E-state index contributed by atoms with van der Waals surface area (Å²) in [5.74, 6) is 0.0860. The van der Waals surface area contributed by atoms with Gasteiger partial charge in [-0.05, 0) is 38.0 Å². The summed E-state index contributed by atoms with van der Waals surface area (Å²) in [6.45, 7) is 5.07. The van der Waals surface area contributed by atoms with E-state index in [1.807, 2.05) is 56.3 Å². The van der Waals surface area contributed by atoms with Gasteiger partial charge < -0.3 is 15.2 Å². The van der Waals surface area contributed by atoms with Crippen molar-refractivity contribution in [3.05, 3.63) is 70.4 Å². The number of carbonyl (C=O) groups excluding carboxylic acids is 1. The Morgan fingerprint density at radius 3 is 2.60 bits per heavy atom. The largest absolute Gasteiger partial charge is 0.489 e. The van der Waals surface area contributed by atoms with Gasteiger partial charge in [-0.25, -0.2) is 9.18 Å². The van der Waals surface area contributed by atoms with E-state index in [0.29, 0.717) is 18.0 Å². The molecule has 0 spiro atoms. The number of rotatable bonds is 8. The highest BCUT2D eigenvalue weighted by atomic mass is 19.1. The Morgan fingerprint density at radius 1 is 1.20 bits per heavy atom. The molecule has 0 aliphatic heterocycles. The first-order valence-electron chi connectivity index (χ1n) is 11.2. The minimum absolute atomic E-state index is 0.00767. The van der Waals surface area contributed by atoms with E-state index in [0.717, 1.165) is 16.7 Å². The smallest absolute Gasteiger partial charge is 0.357 e. The van der Waals surface area contributed by atoms with Crippen LogP contribution in [0.3, 0.4) is 0 Å². The van der Waals surface area contributed by atoms with Crippen LogP contribution in [0.5, 0.6) is 5.75 Å². The number of ether oxygens (including phenoxy) is 2. The summed E-state index contributed by atoms with van der Waals surface area (Å²) in [6, 6.07) is 15.7. The van der Waals surface area contributed by atoms with Crippen LogP contribution in [-0.2, 0) is 17.9 Å². The number of fused-ring (bicyclic) bond motifs is 1. The van der Waals surface area contributed by atoms with Crippen molar-refractivity contribution in [1.82, 2.24) is 14.3 Å². The van der Waals surface area contributed by atoms with Crippen molar-refractivity contribution in [2.75, 3.05) is 19.0 Å². The Bertz CT molecular complexity index is 1430. The number of alkyl halides is 1. The van der Waals surface area contributed by atoms with E-state index in [4.69, 9.17) is 15.2 Å². The average molecular weight is 476 g/mol. The second-order valence-corrected chi connectivity index (χ2v) is 8.02. The zero-order valence-corrected chi connectivity index (χ0v) is 19.8. The van der Waals surface area contributed by atoms with Crippen LogP contribution in [0.4, 0.5) is 10.2 Å². The fourth-order valence-corrected chi connectivity index (χ4v) is 4.23. The number of halogens is 1. The van der Waals surface area contributed by atoms with Crippen LogP contribution in [-0.4, -0.2) is 33.6 Å². The maximum Gasteiger partial charge on any atom is 0.357 e. The molecule has 4 rings (SSSR count). The molecule has 180 valence electrons. The van der Waals surface area contributed by atoms with E-state index in [9.17, 15) is 14.4 Å². The molecule has 0 saturated heterocycles. The SMILES string of the molecule is CCOC(=O)c1c2c(C#N)c(N)n(-c3c(C)ccc(OCc4ccccc4)c3C)c2nn1CCF. The molecule has 0 aliphatic rings. The number of nitrogen functional groups attached to an aromatic ring is 1. The molecule has 2 N–H and O–H groups in total. The fraction of sp³-hybridized carbons (Fsp3) is 0.269. The van der Waals surface area contributed by atoms with Crippen molar-refractivity contribution in [2.24, 2.45) is 0 Å². The molecule has 4 aromatic rings. The van der Waals surface area contributed by atoms with E-state index in [1.54, 1.807) is 11.5 Å². The van der Waals surface area contributed by atoms with E-state index in [-0.39, 0.29) is 41.3 Å². The van der Waals surface area contributed by atoms with Gasteiger partial charge in [0.2, 0.25) is 0 Å². The van der Waals surface area contributed by atoms with Gasteiger partial charge in [0.25, 0.3) is 0 Å².